The van der Waals surface area contributed by atoms with Crippen LogP contribution in [-0.2, 0) is 0 Å². The van der Waals surface area contributed by atoms with Gasteiger partial charge in [0, 0.05) is 45.1 Å². The number of carbonyl (C=O) groups is 1. The molecule has 1 saturated heterocycles. The van der Waals surface area contributed by atoms with Crippen molar-refractivity contribution in [2.45, 2.75) is 51.1 Å². The Balaban J connectivity index is 1.46. The smallest absolute Gasteiger partial charge is 0.317 e. The molecule has 132 valence electrons. The Kier molecular flexibility index (Phi) is 5.72. The number of nitrogens with zero attached hydrogens (tertiary/aromatic N) is 3. The Hall–Kier alpha value is -1.62. The summed E-state index contributed by atoms with van der Waals surface area (Å²) in [5, 5.41) is 3.21. The van der Waals surface area contributed by atoms with E-state index in [1.807, 2.05) is 19.2 Å². The Morgan fingerprint density at radius 1 is 1.33 bits per heavy atom. The maximum atomic E-state index is 12.5. The third-order valence-electron chi connectivity index (χ3n) is 5.68. The highest BCUT2D eigenvalue weighted by molar-refractivity contribution is 5.74. The summed E-state index contributed by atoms with van der Waals surface area (Å²) in [7, 11) is 1.87. The molecule has 1 aromatic rings. The number of nitrogens with one attached hydrogen (secondary N) is 1. The van der Waals surface area contributed by atoms with Crippen LogP contribution in [0.15, 0.2) is 24.5 Å². The standard InChI is InChI=1S/C19H30N4O/c1-15(17-7-10-20-11-8-17)22(2)19(24)21-18-9-12-23(14-18)13-16-5-3-4-6-16/h7-8,10-11,15-16,18H,3-6,9,12-14H2,1-2H3,(H,21,24)/t15-,18+/m1/s1. The zero-order chi connectivity index (χ0) is 16.9. The van der Waals surface area contributed by atoms with Crippen LogP contribution >= 0.6 is 0 Å². The molecule has 0 aromatic carbocycles. The Morgan fingerprint density at radius 2 is 2.04 bits per heavy atom. The molecule has 1 aliphatic carbocycles. The fraction of sp³-hybridized carbons (Fsp3) is 0.684. The van der Waals surface area contributed by atoms with Crippen LogP contribution in [0.5, 0.6) is 0 Å². The number of urea groups is 1. The third-order valence-corrected chi connectivity index (χ3v) is 5.68. The van der Waals surface area contributed by atoms with Gasteiger partial charge in [0.25, 0.3) is 0 Å². The molecule has 0 spiro atoms. The summed E-state index contributed by atoms with van der Waals surface area (Å²) in [4.78, 5) is 20.9. The number of pyridine rings is 1. The first kappa shape index (κ1) is 17.2. The fourth-order valence-corrected chi connectivity index (χ4v) is 3.99. The molecule has 1 saturated carbocycles. The molecule has 5 heteroatoms. The Labute approximate surface area is 145 Å². The maximum absolute atomic E-state index is 12.5. The quantitative estimate of drug-likeness (QED) is 0.903. The molecule has 1 aromatic heterocycles. The second kappa shape index (κ2) is 7.97. The van der Waals surface area contributed by atoms with Crippen LogP contribution in [0.1, 0.15) is 50.6 Å². The van der Waals surface area contributed by atoms with E-state index < -0.39 is 0 Å². The molecule has 5 nitrogen and oxygen atoms in total. The largest absolute Gasteiger partial charge is 0.334 e. The van der Waals surface area contributed by atoms with Crippen molar-refractivity contribution in [1.29, 1.82) is 0 Å². The second-order valence-corrected chi connectivity index (χ2v) is 7.41. The van der Waals surface area contributed by atoms with Gasteiger partial charge in [-0.25, -0.2) is 4.79 Å². The van der Waals surface area contributed by atoms with E-state index in [4.69, 9.17) is 0 Å². The molecule has 0 radical (unpaired) electrons. The summed E-state index contributed by atoms with van der Waals surface area (Å²) in [5.74, 6) is 0.883. The first-order chi connectivity index (χ1) is 11.6. The van der Waals surface area contributed by atoms with Crippen molar-refractivity contribution in [3.05, 3.63) is 30.1 Å². The minimum atomic E-state index is 0.0204. The van der Waals surface area contributed by atoms with Crippen LogP contribution in [0.2, 0.25) is 0 Å². The molecule has 0 bridgehead atoms. The van der Waals surface area contributed by atoms with Crippen molar-refractivity contribution < 1.29 is 4.79 Å². The predicted octanol–water partition coefficient (Wildman–Crippen LogP) is 3.05. The Bertz CT molecular complexity index is 529. The minimum Gasteiger partial charge on any atom is -0.334 e. The minimum absolute atomic E-state index is 0.0204. The van der Waals surface area contributed by atoms with Crippen LogP contribution in [0.3, 0.4) is 0 Å². The van der Waals surface area contributed by atoms with E-state index in [1.165, 1.54) is 32.2 Å². The molecule has 0 unspecified atom stereocenters. The van der Waals surface area contributed by atoms with Crippen molar-refractivity contribution in [3.63, 3.8) is 0 Å². The lowest BCUT2D eigenvalue weighted by Gasteiger charge is -2.27. The highest BCUT2D eigenvalue weighted by Crippen LogP contribution is 2.26. The first-order valence-corrected chi connectivity index (χ1v) is 9.29. The van der Waals surface area contributed by atoms with Gasteiger partial charge in [-0.05, 0) is 49.8 Å². The first-order valence-electron chi connectivity index (χ1n) is 9.29. The van der Waals surface area contributed by atoms with Crippen LogP contribution < -0.4 is 5.32 Å². The average molecular weight is 330 g/mol. The zero-order valence-corrected chi connectivity index (χ0v) is 14.9. The molecule has 2 aliphatic rings. The van der Waals surface area contributed by atoms with E-state index in [9.17, 15) is 4.79 Å². The topological polar surface area (TPSA) is 48.5 Å². The van der Waals surface area contributed by atoms with Gasteiger partial charge < -0.3 is 15.1 Å². The second-order valence-electron chi connectivity index (χ2n) is 7.41. The summed E-state index contributed by atoms with van der Waals surface area (Å²) >= 11 is 0. The zero-order valence-electron chi connectivity index (χ0n) is 14.9. The molecule has 24 heavy (non-hydrogen) atoms. The van der Waals surface area contributed by atoms with Crippen LogP contribution in [0.4, 0.5) is 4.79 Å². The number of likely N-dealkylation sites (tertiary alicyclic amines) is 1. The third kappa shape index (κ3) is 4.26. The molecule has 2 amide bonds. The van der Waals surface area contributed by atoms with E-state index >= 15 is 0 Å². The van der Waals surface area contributed by atoms with E-state index in [0.29, 0.717) is 0 Å². The van der Waals surface area contributed by atoms with Crippen molar-refractivity contribution in [2.75, 3.05) is 26.7 Å². The fourth-order valence-electron chi connectivity index (χ4n) is 3.99. The molecule has 2 atom stereocenters. The monoisotopic (exact) mass is 330 g/mol. The van der Waals surface area contributed by atoms with Crippen LogP contribution in [-0.4, -0.2) is 53.5 Å². The normalized spacial score (nSPS) is 23.3. The van der Waals surface area contributed by atoms with E-state index in [-0.39, 0.29) is 18.1 Å². The lowest BCUT2D eigenvalue weighted by atomic mass is 10.1. The van der Waals surface area contributed by atoms with Gasteiger partial charge in [0.2, 0.25) is 0 Å². The van der Waals surface area contributed by atoms with Gasteiger partial charge in [0.05, 0.1) is 6.04 Å². The lowest BCUT2D eigenvalue weighted by molar-refractivity contribution is 0.189. The number of hydrogen-bond acceptors (Lipinski definition) is 3. The summed E-state index contributed by atoms with van der Waals surface area (Å²) in [6, 6.07) is 4.28. The van der Waals surface area contributed by atoms with Crippen molar-refractivity contribution in [1.82, 2.24) is 20.1 Å². The maximum Gasteiger partial charge on any atom is 0.317 e. The summed E-state index contributed by atoms with van der Waals surface area (Å²) in [6.07, 6.45) is 10.2. The molecular formula is C19H30N4O. The van der Waals surface area contributed by atoms with Gasteiger partial charge in [-0.3, -0.25) is 4.98 Å². The number of amides is 2. The Morgan fingerprint density at radius 3 is 2.75 bits per heavy atom. The number of rotatable bonds is 5. The van der Waals surface area contributed by atoms with Gasteiger partial charge in [0.1, 0.15) is 0 Å². The molecule has 1 aliphatic heterocycles. The van der Waals surface area contributed by atoms with Crippen molar-refractivity contribution >= 4 is 6.03 Å². The lowest BCUT2D eigenvalue weighted by Crippen LogP contribution is -2.45. The molecule has 3 rings (SSSR count). The molecule has 2 heterocycles. The van der Waals surface area contributed by atoms with Gasteiger partial charge in [-0.15, -0.1) is 0 Å². The number of hydrogen-bond donors (Lipinski definition) is 1. The van der Waals surface area contributed by atoms with Gasteiger partial charge in [-0.1, -0.05) is 12.8 Å². The highest BCUT2D eigenvalue weighted by atomic mass is 16.2. The summed E-state index contributed by atoms with van der Waals surface area (Å²) in [5.41, 5.74) is 1.11. The summed E-state index contributed by atoms with van der Waals surface area (Å²) < 4.78 is 0. The van der Waals surface area contributed by atoms with E-state index in [2.05, 4.69) is 22.1 Å². The van der Waals surface area contributed by atoms with Gasteiger partial charge in [-0.2, -0.15) is 0 Å². The SMILES string of the molecule is C[C@H](c1ccncc1)N(C)C(=O)N[C@H]1CCN(CC2CCCC2)C1. The molecule has 1 N–H and O–H groups in total. The number of carbonyl (C=O) groups excluding carboxylic acids is 1. The van der Waals surface area contributed by atoms with Crippen LogP contribution in [0, 0.1) is 5.92 Å². The molecular weight excluding hydrogens is 300 g/mol. The van der Waals surface area contributed by atoms with E-state index in [0.717, 1.165) is 31.0 Å². The average Bonchev–Trinajstić information content (AvgIpc) is 3.27. The molecule has 2 fully saturated rings. The number of aromatic nitrogens is 1. The van der Waals surface area contributed by atoms with Crippen molar-refractivity contribution in [3.8, 4) is 0 Å². The van der Waals surface area contributed by atoms with Gasteiger partial charge >= 0.3 is 6.03 Å². The van der Waals surface area contributed by atoms with E-state index in [1.54, 1.807) is 17.3 Å². The highest BCUT2D eigenvalue weighted by Gasteiger charge is 2.28. The predicted molar refractivity (Wildman–Crippen MR) is 95.7 cm³/mol. The summed E-state index contributed by atoms with van der Waals surface area (Å²) in [6.45, 7) is 5.39. The van der Waals surface area contributed by atoms with Gasteiger partial charge in [0.15, 0.2) is 0 Å². The van der Waals surface area contributed by atoms with Crippen molar-refractivity contribution in [2.24, 2.45) is 5.92 Å². The van der Waals surface area contributed by atoms with Crippen LogP contribution in [0.25, 0.3) is 0 Å².